The Hall–Kier alpha value is -2.04. The number of ether oxygens (including phenoxy) is 1. The van der Waals surface area contributed by atoms with Crippen molar-refractivity contribution in [1.29, 1.82) is 0 Å². The molecule has 5 nitrogen and oxygen atoms in total. The molecule has 0 aliphatic heterocycles. The van der Waals surface area contributed by atoms with Crippen molar-refractivity contribution in [3.8, 4) is 5.75 Å². The normalized spacial score (nSPS) is 10.2. The highest BCUT2D eigenvalue weighted by atomic mass is 16.5. The number of rotatable bonds is 4. The Bertz CT molecular complexity index is 369. The zero-order chi connectivity index (χ0) is 11.1. The molecule has 1 aromatic carbocycles. The van der Waals surface area contributed by atoms with E-state index in [0.29, 0.717) is 6.61 Å². The number of hydrogen-bond donors (Lipinski definition) is 2. The molecule has 0 aromatic heterocycles. The summed E-state index contributed by atoms with van der Waals surface area (Å²) in [5.41, 5.74) is 11.1. The molecule has 15 heavy (non-hydrogen) atoms. The Morgan fingerprint density at radius 2 is 2.13 bits per heavy atom. The topological polar surface area (TPSA) is 86.0 Å². The van der Waals surface area contributed by atoms with E-state index < -0.39 is 0 Å². The maximum absolute atomic E-state index is 5.39. The summed E-state index contributed by atoms with van der Waals surface area (Å²) in [7, 11) is 0. The number of para-hydroxylation sites is 1. The molecule has 1 rings (SSSR count). The number of nitrogens with two attached hydrogens (primary N) is 2. The zero-order valence-corrected chi connectivity index (χ0v) is 8.55. The van der Waals surface area contributed by atoms with Crippen LogP contribution in [0.4, 0.5) is 0 Å². The van der Waals surface area contributed by atoms with Crippen molar-refractivity contribution in [2.45, 2.75) is 6.92 Å². The van der Waals surface area contributed by atoms with Crippen LogP contribution in [0.1, 0.15) is 12.5 Å². The van der Waals surface area contributed by atoms with Crippen LogP contribution in [0.2, 0.25) is 0 Å². The number of nitrogens with zero attached hydrogens (tertiary/aromatic N) is 2. The summed E-state index contributed by atoms with van der Waals surface area (Å²) >= 11 is 0. The lowest BCUT2D eigenvalue weighted by Crippen LogP contribution is -2.21. The maximum Gasteiger partial charge on any atom is 0.211 e. The average molecular weight is 206 g/mol. The van der Waals surface area contributed by atoms with Crippen LogP contribution >= 0.6 is 0 Å². The summed E-state index contributed by atoms with van der Waals surface area (Å²) in [6.07, 6.45) is 1.55. The first kappa shape index (κ1) is 11.0. The molecule has 0 unspecified atom stereocenters. The first-order chi connectivity index (χ1) is 7.24. The molecule has 4 N–H and O–H groups in total. The number of guanidine groups is 1. The lowest BCUT2D eigenvalue weighted by Gasteiger charge is -2.04. The molecule has 1 aromatic rings. The molecule has 0 aliphatic rings. The second-order valence-corrected chi connectivity index (χ2v) is 2.74. The summed E-state index contributed by atoms with van der Waals surface area (Å²) < 4.78 is 5.39. The van der Waals surface area contributed by atoms with Crippen molar-refractivity contribution in [2.75, 3.05) is 6.61 Å². The average Bonchev–Trinajstić information content (AvgIpc) is 2.20. The summed E-state index contributed by atoms with van der Waals surface area (Å²) in [5, 5.41) is 7.22. The smallest absolute Gasteiger partial charge is 0.211 e. The Morgan fingerprint density at radius 1 is 1.40 bits per heavy atom. The SMILES string of the molecule is CCOc1ccccc1/C=N/N=C(N)N. The van der Waals surface area contributed by atoms with Crippen molar-refractivity contribution in [2.24, 2.45) is 21.7 Å². The largest absolute Gasteiger partial charge is 0.493 e. The van der Waals surface area contributed by atoms with Crippen molar-refractivity contribution in [3.63, 3.8) is 0 Å². The van der Waals surface area contributed by atoms with E-state index in [1.165, 1.54) is 0 Å². The van der Waals surface area contributed by atoms with Gasteiger partial charge in [-0.3, -0.25) is 0 Å². The van der Waals surface area contributed by atoms with Gasteiger partial charge in [0.25, 0.3) is 0 Å². The van der Waals surface area contributed by atoms with Crippen LogP contribution in [-0.2, 0) is 0 Å². The Balaban J connectivity index is 2.84. The molecule has 80 valence electrons. The first-order valence-corrected chi connectivity index (χ1v) is 4.58. The third-order valence-electron chi connectivity index (χ3n) is 1.59. The fourth-order valence-corrected chi connectivity index (χ4v) is 1.03. The van der Waals surface area contributed by atoms with E-state index in [2.05, 4.69) is 10.2 Å². The third-order valence-corrected chi connectivity index (χ3v) is 1.59. The second kappa shape index (κ2) is 5.64. The predicted molar refractivity (Wildman–Crippen MR) is 61.0 cm³/mol. The van der Waals surface area contributed by atoms with E-state index in [1.54, 1.807) is 6.21 Å². The van der Waals surface area contributed by atoms with Gasteiger partial charge in [-0.25, -0.2) is 0 Å². The van der Waals surface area contributed by atoms with Gasteiger partial charge in [-0.1, -0.05) is 12.1 Å². The third kappa shape index (κ3) is 3.68. The number of benzene rings is 1. The lowest BCUT2D eigenvalue weighted by molar-refractivity contribution is 0.340. The first-order valence-electron chi connectivity index (χ1n) is 4.58. The molecule has 0 spiro atoms. The quantitative estimate of drug-likeness (QED) is 0.432. The van der Waals surface area contributed by atoms with Gasteiger partial charge in [0.05, 0.1) is 12.8 Å². The Kier molecular flexibility index (Phi) is 4.15. The van der Waals surface area contributed by atoms with Crippen LogP contribution < -0.4 is 16.2 Å². The Labute approximate surface area is 88.4 Å². The highest BCUT2D eigenvalue weighted by molar-refractivity contribution is 5.84. The van der Waals surface area contributed by atoms with Gasteiger partial charge in [-0.15, -0.1) is 5.10 Å². The van der Waals surface area contributed by atoms with Crippen LogP contribution in [0, 0.1) is 0 Å². The highest BCUT2D eigenvalue weighted by Gasteiger charge is 1.97. The number of hydrogen-bond acceptors (Lipinski definition) is 3. The van der Waals surface area contributed by atoms with E-state index in [-0.39, 0.29) is 5.96 Å². The van der Waals surface area contributed by atoms with Gasteiger partial charge in [-0.05, 0) is 19.1 Å². The zero-order valence-electron chi connectivity index (χ0n) is 8.55. The lowest BCUT2D eigenvalue weighted by atomic mass is 10.2. The van der Waals surface area contributed by atoms with Crippen molar-refractivity contribution >= 4 is 12.2 Å². The van der Waals surface area contributed by atoms with E-state index in [0.717, 1.165) is 11.3 Å². The van der Waals surface area contributed by atoms with Gasteiger partial charge in [-0.2, -0.15) is 5.10 Å². The maximum atomic E-state index is 5.39. The fourth-order valence-electron chi connectivity index (χ4n) is 1.03. The molecule has 0 fully saturated rings. The minimum atomic E-state index is -0.0693. The summed E-state index contributed by atoms with van der Waals surface area (Å²) in [6, 6.07) is 7.51. The molecule has 0 amide bonds. The molecule has 0 radical (unpaired) electrons. The van der Waals surface area contributed by atoms with E-state index in [9.17, 15) is 0 Å². The minimum Gasteiger partial charge on any atom is -0.493 e. The second-order valence-electron chi connectivity index (χ2n) is 2.74. The molecule has 0 heterocycles. The van der Waals surface area contributed by atoms with E-state index in [1.807, 2.05) is 31.2 Å². The van der Waals surface area contributed by atoms with Gasteiger partial charge in [0.1, 0.15) is 5.75 Å². The van der Waals surface area contributed by atoms with Crippen LogP contribution in [0.25, 0.3) is 0 Å². The molecular formula is C10H14N4O. The molecule has 0 bridgehead atoms. The fraction of sp³-hybridized carbons (Fsp3) is 0.200. The van der Waals surface area contributed by atoms with Crippen molar-refractivity contribution in [3.05, 3.63) is 29.8 Å². The van der Waals surface area contributed by atoms with Crippen molar-refractivity contribution < 1.29 is 4.74 Å². The minimum absolute atomic E-state index is 0.0693. The molecule has 0 saturated heterocycles. The van der Waals surface area contributed by atoms with Gasteiger partial charge < -0.3 is 16.2 Å². The molecule has 0 atom stereocenters. The van der Waals surface area contributed by atoms with Gasteiger partial charge in [0, 0.05) is 5.56 Å². The Morgan fingerprint density at radius 3 is 2.80 bits per heavy atom. The highest BCUT2D eigenvalue weighted by Crippen LogP contribution is 2.15. The van der Waals surface area contributed by atoms with E-state index >= 15 is 0 Å². The molecular weight excluding hydrogens is 192 g/mol. The summed E-state index contributed by atoms with van der Waals surface area (Å²) in [6.45, 7) is 2.52. The molecule has 5 heteroatoms. The van der Waals surface area contributed by atoms with E-state index in [4.69, 9.17) is 16.2 Å². The van der Waals surface area contributed by atoms with Gasteiger partial charge >= 0.3 is 0 Å². The van der Waals surface area contributed by atoms with Gasteiger partial charge in [0.15, 0.2) is 0 Å². The van der Waals surface area contributed by atoms with Gasteiger partial charge in [0.2, 0.25) is 5.96 Å². The molecule has 0 saturated carbocycles. The standard InChI is InChI=1S/C10H14N4O/c1-2-15-9-6-4-3-5-8(9)7-13-14-10(11)12/h3-7H,2H2,1H3,(H4,11,12,14)/b13-7+. The van der Waals surface area contributed by atoms with Crippen LogP contribution in [0.5, 0.6) is 5.75 Å². The monoisotopic (exact) mass is 206 g/mol. The van der Waals surface area contributed by atoms with Crippen LogP contribution in [-0.4, -0.2) is 18.8 Å². The van der Waals surface area contributed by atoms with Crippen LogP contribution in [0.15, 0.2) is 34.5 Å². The summed E-state index contributed by atoms with van der Waals surface area (Å²) in [4.78, 5) is 0. The predicted octanol–water partition coefficient (Wildman–Crippen LogP) is 0.693. The van der Waals surface area contributed by atoms with Crippen LogP contribution in [0.3, 0.4) is 0 Å². The summed E-state index contributed by atoms with van der Waals surface area (Å²) in [5.74, 6) is 0.690. The molecule has 0 aliphatic carbocycles. The van der Waals surface area contributed by atoms with Crippen molar-refractivity contribution in [1.82, 2.24) is 0 Å².